The van der Waals surface area contributed by atoms with Gasteiger partial charge in [-0.2, -0.15) is 0 Å². The number of rotatable bonds is 11. The van der Waals surface area contributed by atoms with E-state index in [0.29, 0.717) is 6.54 Å². The molecule has 1 unspecified atom stereocenters. The molecule has 21 heavy (non-hydrogen) atoms. The van der Waals surface area contributed by atoms with Crippen molar-refractivity contribution in [3.05, 3.63) is 29.3 Å². The van der Waals surface area contributed by atoms with Crippen molar-refractivity contribution in [3.63, 3.8) is 0 Å². The fourth-order valence-corrected chi connectivity index (χ4v) is 2.11. The Kier molecular flexibility index (Phi) is 9.06. The lowest BCUT2D eigenvalue weighted by atomic mass is 10.1. The summed E-state index contributed by atoms with van der Waals surface area (Å²) in [5.41, 5.74) is 1.96. The second-order valence-corrected chi connectivity index (χ2v) is 5.28. The summed E-state index contributed by atoms with van der Waals surface area (Å²) in [6, 6.07) is 5.85. The van der Waals surface area contributed by atoms with Gasteiger partial charge in [0.15, 0.2) is 0 Å². The number of aryl methyl sites for hydroxylation is 1. The van der Waals surface area contributed by atoms with Gasteiger partial charge in [0.1, 0.15) is 5.75 Å². The Bertz CT molecular complexity index is 396. The topological polar surface area (TPSA) is 50.7 Å². The van der Waals surface area contributed by atoms with Crippen LogP contribution in [0.1, 0.15) is 43.4 Å². The first-order chi connectivity index (χ1) is 10.2. The van der Waals surface area contributed by atoms with Crippen LogP contribution in [0.2, 0.25) is 0 Å². The van der Waals surface area contributed by atoms with Gasteiger partial charge in [0, 0.05) is 25.3 Å². The zero-order chi connectivity index (χ0) is 15.5. The molecule has 1 rings (SSSR count). The summed E-state index contributed by atoms with van der Waals surface area (Å²) in [5.74, 6) is 0.734. The quantitative estimate of drug-likeness (QED) is 0.616. The van der Waals surface area contributed by atoms with Gasteiger partial charge in [-0.05, 0) is 38.4 Å². The van der Waals surface area contributed by atoms with Crippen LogP contribution >= 0.6 is 0 Å². The van der Waals surface area contributed by atoms with E-state index in [1.807, 2.05) is 25.1 Å². The van der Waals surface area contributed by atoms with E-state index >= 15 is 0 Å². The average Bonchev–Trinajstić information content (AvgIpc) is 2.49. The summed E-state index contributed by atoms with van der Waals surface area (Å²) < 4.78 is 10.8. The number of hydrogen-bond donors (Lipinski definition) is 2. The van der Waals surface area contributed by atoms with E-state index in [-0.39, 0.29) is 0 Å². The van der Waals surface area contributed by atoms with Crippen LogP contribution in [0.15, 0.2) is 18.2 Å². The zero-order valence-corrected chi connectivity index (χ0v) is 13.5. The SMILES string of the molecule is CCCCOCCCNCC(O)c1cc(C)ccc1OC. The van der Waals surface area contributed by atoms with Crippen LogP contribution in [0.4, 0.5) is 0 Å². The van der Waals surface area contributed by atoms with E-state index in [0.717, 1.165) is 49.5 Å². The number of methoxy groups -OCH3 is 1. The van der Waals surface area contributed by atoms with Gasteiger partial charge in [-0.3, -0.25) is 0 Å². The molecule has 0 saturated carbocycles. The van der Waals surface area contributed by atoms with Crippen LogP contribution in [0.3, 0.4) is 0 Å². The normalized spacial score (nSPS) is 12.4. The van der Waals surface area contributed by atoms with Gasteiger partial charge in [-0.1, -0.05) is 25.0 Å². The van der Waals surface area contributed by atoms with Crippen LogP contribution in [0, 0.1) is 6.92 Å². The van der Waals surface area contributed by atoms with E-state index in [9.17, 15) is 5.11 Å². The van der Waals surface area contributed by atoms with Crippen molar-refractivity contribution >= 4 is 0 Å². The number of unbranched alkanes of at least 4 members (excludes halogenated alkanes) is 1. The van der Waals surface area contributed by atoms with Crippen molar-refractivity contribution in [2.24, 2.45) is 0 Å². The molecule has 0 aromatic heterocycles. The average molecular weight is 295 g/mol. The lowest BCUT2D eigenvalue weighted by molar-refractivity contribution is 0.126. The summed E-state index contributed by atoms with van der Waals surface area (Å²) in [6.07, 6.45) is 2.70. The van der Waals surface area contributed by atoms with Crippen molar-refractivity contribution in [1.82, 2.24) is 5.32 Å². The standard InChI is InChI=1S/C17H29NO3/c1-4-5-10-21-11-6-9-18-13-16(19)15-12-14(2)7-8-17(15)20-3/h7-8,12,16,18-19H,4-6,9-11,13H2,1-3H3. The van der Waals surface area contributed by atoms with Gasteiger partial charge in [-0.15, -0.1) is 0 Å². The van der Waals surface area contributed by atoms with Crippen LogP contribution in [-0.4, -0.2) is 38.5 Å². The molecule has 0 bridgehead atoms. The maximum atomic E-state index is 10.3. The molecule has 0 amide bonds. The monoisotopic (exact) mass is 295 g/mol. The highest BCUT2D eigenvalue weighted by Gasteiger charge is 2.12. The predicted octanol–water partition coefficient (Wildman–Crippen LogP) is 2.83. The highest BCUT2D eigenvalue weighted by atomic mass is 16.5. The third kappa shape index (κ3) is 6.93. The minimum absolute atomic E-state index is 0.523. The molecule has 0 saturated heterocycles. The minimum atomic E-state index is -0.555. The van der Waals surface area contributed by atoms with Crippen molar-refractivity contribution in [1.29, 1.82) is 0 Å². The van der Waals surface area contributed by atoms with E-state index in [1.165, 1.54) is 6.42 Å². The van der Waals surface area contributed by atoms with E-state index in [4.69, 9.17) is 9.47 Å². The van der Waals surface area contributed by atoms with Gasteiger partial charge in [0.25, 0.3) is 0 Å². The Hall–Kier alpha value is -1.10. The highest BCUT2D eigenvalue weighted by molar-refractivity contribution is 5.38. The predicted molar refractivity (Wildman–Crippen MR) is 85.9 cm³/mol. The van der Waals surface area contributed by atoms with Crippen LogP contribution in [0.25, 0.3) is 0 Å². The second-order valence-electron chi connectivity index (χ2n) is 5.28. The maximum Gasteiger partial charge on any atom is 0.124 e. The number of hydrogen-bond acceptors (Lipinski definition) is 4. The molecular weight excluding hydrogens is 266 g/mol. The van der Waals surface area contributed by atoms with E-state index < -0.39 is 6.10 Å². The largest absolute Gasteiger partial charge is 0.496 e. The fraction of sp³-hybridized carbons (Fsp3) is 0.647. The van der Waals surface area contributed by atoms with E-state index in [2.05, 4.69) is 12.2 Å². The van der Waals surface area contributed by atoms with Gasteiger partial charge in [0.05, 0.1) is 13.2 Å². The summed E-state index contributed by atoms with van der Waals surface area (Å²) >= 11 is 0. The first-order valence-electron chi connectivity index (χ1n) is 7.80. The molecule has 4 nitrogen and oxygen atoms in total. The van der Waals surface area contributed by atoms with Crippen LogP contribution in [0.5, 0.6) is 5.75 Å². The lowest BCUT2D eigenvalue weighted by Crippen LogP contribution is -2.23. The molecular formula is C17H29NO3. The lowest BCUT2D eigenvalue weighted by Gasteiger charge is -2.16. The van der Waals surface area contributed by atoms with Crippen molar-refractivity contribution < 1.29 is 14.6 Å². The van der Waals surface area contributed by atoms with Crippen molar-refractivity contribution in [3.8, 4) is 5.75 Å². The number of aliphatic hydroxyl groups excluding tert-OH is 1. The third-order valence-corrected chi connectivity index (χ3v) is 3.37. The maximum absolute atomic E-state index is 10.3. The molecule has 2 N–H and O–H groups in total. The highest BCUT2D eigenvalue weighted by Crippen LogP contribution is 2.25. The van der Waals surface area contributed by atoms with Gasteiger partial charge in [-0.25, -0.2) is 0 Å². The molecule has 1 aromatic carbocycles. The number of nitrogens with one attached hydrogen (secondary N) is 1. The number of benzene rings is 1. The van der Waals surface area contributed by atoms with E-state index in [1.54, 1.807) is 7.11 Å². The number of ether oxygens (including phenoxy) is 2. The molecule has 120 valence electrons. The summed E-state index contributed by atoms with van der Waals surface area (Å²) in [7, 11) is 1.63. The Morgan fingerprint density at radius 2 is 2.00 bits per heavy atom. The van der Waals surface area contributed by atoms with Crippen molar-refractivity contribution in [2.75, 3.05) is 33.4 Å². The van der Waals surface area contributed by atoms with Gasteiger partial charge in [0.2, 0.25) is 0 Å². The zero-order valence-electron chi connectivity index (χ0n) is 13.5. The van der Waals surface area contributed by atoms with Crippen molar-refractivity contribution in [2.45, 2.75) is 39.2 Å². The Labute approximate surface area is 128 Å². The Balaban J connectivity index is 2.24. The number of aliphatic hydroxyl groups is 1. The third-order valence-electron chi connectivity index (χ3n) is 3.37. The molecule has 0 aliphatic heterocycles. The first-order valence-corrected chi connectivity index (χ1v) is 7.80. The van der Waals surface area contributed by atoms with Gasteiger partial charge >= 0.3 is 0 Å². The molecule has 1 aromatic rings. The minimum Gasteiger partial charge on any atom is -0.496 e. The summed E-state index contributed by atoms with van der Waals surface area (Å²) in [5, 5.41) is 13.5. The summed E-state index contributed by atoms with van der Waals surface area (Å²) in [6.45, 7) is 7.16. The molecule has 4 heteroatoms. The van der Waals surface area contributed by atoms with Crippen LogP contribution in [-0.2, 0) is 4.74 Å². The molecule has 0 heterocycles. The molecule has 0 fully saturated rings. The first kappa shape index (κ1) is 18.0. The smallest absolute Gasteiger partial charge is 0.124 e. The van der Waals surface area contributed by atoms with Crippen LogP contribution < -0.4 is 10.1 Å². The Morgan fingerprint density at radius 3 is 2.71 bits per heavy atom. The fourth-order valence-electron chi connectivity index (χ4n) is 2.11. The molecule has 0 aliphatic carbocycles. The summed E-state index contributed by atoms with van der Waals surface area (Å²) in [4.78, 5) is 0. The Morgan fingerprint density at radius 1 is 1.24 bits per heavy atom. The second kappa shape index (κ2) is 10.6. The molecule has 0 aliphatic rings. The molecule has 0 spiro atoms. The van der Waals surface area contributed by atoms with Gasteiger partial charge < -0.3 is 19.9 Å². The molecule has 0 radical (unpaired) electrons. The molecule has 1 atom stereocenters.